The van der Waals surface area contributed by atoms with Crippen molar-refractivity contribution < 1.29 is 13.2 Å². The third-order valence-corrected chi connectivity index (χ3v) is 6.04. The molecule has 1 amide bonds. The van der Waals surface area contributed by atoms with Gasteiger partial charge < -0.3 is 5.32 Å². The summed E-state index contributed by atoms with van der Waals surface area (Å²) < 4.78 is 28.4. The number of rotatable bonds is 5. The maximum atomic E-state index is 13.0. The minimum Gasteiger partial charge on any atom is -0.306 e. The summed E-state index contributed by atoms with van der Waals surface area (Å²) in [6.45, 7) is 3.77. The van der Waals surface area contributed by atoms with Gasteiger partial charge in [-0.2, -0.15) is 5.10 Å². The van der Waals surface area contributed by atoms with Crippen LogP contribution in [-0.2, 0) is 17.1 Å². The topological polar surface area (TPSA) is 97.2 Å². The minimum atomic E-state index is -3.86. The lowest BCUT2D eigenvalue weighted by Crippen LogP contribution is -2.30. The fourth-order valence-corrected chi connectivity index (χ4v) is 3.91. The van der Waals surface area contributed by atoms with Gasteiger partial charge in [0, 0.05) is 20.3 Å². The number of nitrogens with one attached hydrogen (secondary N) is 1. The number of hydrogen-bond acceptors (Lipinski definition) is 5. The van der Waals surface area contributed by atoms with E-state index in [1.165, 1.54) is 30.1 Å². The van der Waals surface area contributed by atoms with E-state index in [-0.39, 0.29) is 16.3 Å². The van der Waals surface area contributed by atoms with E-state index in [0.29, 0.717) is 5.82 Å². The number of anilines is 2. The number of carbonyl (C=O) groups excluding carboxylic acids is 1. The van der Waals surface area contributed by atoms with Gasteiger partial charge in [-0.15, -0.1) is 0 Å². The predicted molar refractivity (Wildman–Crippen MR) is 107 cm³/mol. The summed E-state index contributed by atoms with van der Waals surface area (Å²) in [4.78, 5) is 17.0. The van der Waals surface area contributed by atoms with Crippen LogP contribution in [0.25, 0.3) is 0 Å². The summed E-state index contributed by atoms with van der Waals surface area (Å²) in [6.07, 6.45) is 2.97. The summed E-state index contributed by atoms with van der Waals surface area (Å²) >= 11 is 0. The van der Waals surface area contributed by atoms with Crippen LogP contribution < -0.4 is 9.62 Å². The number of amides is 1. The van der Waals surface area contributed by atoms with Gasteiger partial charge in [0.05, 0.1) is 11.1 Å². The van der Waals surface area contributed by atoms with Gasteiger partial charge in [-0.1, -0.05) is 23.8 Å². The molecule has 3 rings (SSSR count). The Labute approximate surface area is 163 Å². The number of carbonyl (C=O) groups is 1. The van der Waals surface area contributed by atoms with E-state index >= 15 is 0 Å². The molecule has 0 spiro atoms. The Bertz CT molecular complexity index is 1100. The van der Waals surface area contributed by atoms with Crippen molar-refractivity contribution in [3.05, 3.63) is 65.5 Å². The van der Waals surface area contributed by atoms with Crippen molar-refractivity contribution in [2.45, 2.75) is 18.7 Å². The second-order valence-corrected chi connectivity index (χ2v) is 8.44. The maximum Gasteiger partial charge on any atom is 0.265 e. The third kappa shape index (κ3) is 3.74. The Balaban J connectivity index is 1.94. The Morgan fingerprint density at radius 2 is 1.68 bits per heavy atom. The van der Waals surface area contributed by atoms with Crippen molar-refractivity contribution >= 4 is 27.6 Å². The third-order valence-electron chi connectivity index (χ3n) is 4.28. The molecule has 0 saturated carbocycles. The minimum absolute atomic E-state index is 0.128. The standard InChI is InChI=1S/C19H21N5O3S/c1-13-5-8-15(9-6-13)28(26,27)24(4)19-16(12-21-23(19)3)18(25)22-17-10-7-14(2)11-20-17/h5-12H,1-4H3,(H,20,22,25). The van der Waals surface area contributed by atoms with E-state index in [1.807, 2.05) is 19.9 Å². The predicted octanol–water partition coefficient (Wildman–Crippen LogP) is 2.51. The van der Waals surface area contributed by atoms with Crippen molar-refractivity contribution in [2.75, 3.05) is 16.7 Å². The van der Waals surface area contributed by atoms with E-state index in [2.05, 4.69) is 15.4 Å². The number of aromatic nitrogens is 3. The van der Waals surface area contributed by atoms with Gasteiger partial charge in [0.15, 0.2) is 5.82 Å². The normalized spacial score (nSPS) is 11.3. The molecule has 0 unspecified atom stereocenters. The van der Waals surface area contributed by atoms with Crippen molar-refractivity contribution in [3.8, 4) is 0 Å². The zero-order valence-electron chi connectivity index (χ0n) is 16.0. The average molecular weight is 399 g/mol. The number of sulfonamides is 1. The van der Waals surface area contributed by atoms with Crippen LogP contribution in [0.1, 0.15) is 21.5 Å². The van der Waals surface area contributed by atoms with Crippen molar-refractivity contribution in [1.82, 2.24) is 14.8 Å². The highest BCUT2D eigenvalue weighted by atomic mass is 32.2. The Kier molecular flexibility index (Phi) is 5.19. The molecule has 8 nitrogen and oxygen atoms in total. The van der Waals surface area contributed by atoms with Crippen molar-refractivity contribution in [1.29, 1.82) is 0 Å². The van der Waals surface area contributed by atoms with Crippen molar-refractivity contribution in [2.24, 2.45) is 7.05 Å². The monoisotopic (exact) mass is 399 g/mol. The lowest BCUT2D eigenvalue weighted by Gasteiger charge is -2.21. The van der Waals surface area contributed by atoms with Crippen LogP contribution in [0.15, 0.2) is 53.7 Å². The Morgan fingerprint density at radius 1 is 1.04 bits per heavy atom. The second-order valence-electron chi connectivity index (χ2n) is 6.47. The number of aryl methyl sites for hydroxylation is 3. The molecule has 0 aliphatic rings. The molecule has 146 valence electrons. The smallest absolute Gasteiger partial charge is 0.265 e. The molecule has 0 radical (unpaired) electrons. The number of benzene rings is 1. The summed E-state index contributed by atoms with van der Waals surface area (Å²) in [6, 6.07) is 10.0. The summed E-state index contributed by atoms with van der Waals surface area (Å²) in [7, 11) is -0.882. The first-order chi connectivity index (χ1) is 13.2. The summed E-state index contributed by atoms with van der Waals surface area (Å²) in [5, 5.41) is 6.73. The summed E-state index contributed by atoms with van der Waals surface area (Å²) in [5.41, 5.74) is 2.04. The Morgan fingerprint density at radius 3 is 2.29 bits per heavy atom. The fourth-order valence-electron chi connectivity index (χ4n) is 2.67. The SMILES string of the molecule is Cc1ccc(S(=O)(=O)N(C)c2c(C(=O)Nc3ccc(C)cn3)cnn2C)cc1. The number of nitrogens with zero attached hydrogens (tertiary/aromatic N) is 4. The van der Waals surface area contributed by atoms with Gasteiger partial charge in [-0.05, 0) is 37.6 Å². The largest absolute Gasteiger partial charge is 0.306 e. The van der Waals surface area contributed by atoms with Crippen LogP contribution >= 0.6 is 0 Å². The van der Waals surface area contributed by atoms with E-state index in [0.717, 1.165) is 15.4 Å². The van der Waals surface area contributed by atoms with Crippen LogP contribution in [0.5, 0.6) is 0 Å². The lowest BCUT2D eigenvalue weighted by atomic mass is 10.2. The molecule has 1 aromatic carbocycles. The first-order valence-electron chi connectivity index (χ1n) is 8.52. The highest BCUT2D eigenvalue weighted by Gasteiger charge is 2.28. The first kappa shape index (κ1) is 19.6. The van der Waals surface area contributed by atoms with Gasteiger partial charge in [-0.3, -0.25) is 13.8 Å². The zero-order chi connectivity index (χ0) is 20.5. The molecular formula is C19H21N5O3S. The van der Waals surface area contributed by atoms with E-state index in [9.17, 15) is 13.2 Å². The van der Waals surface area contributed by atoms with Gasteiger partial charge in [0.2, 0.25) is 0 Å². The average Bonchev–Trinajstić information content (AvgIpc) is 3.04. The molecule has 0 atom stereocenters. The summed E-state index contributed by atoms with van der Waals surface area (Å²) in [5.74, 6) is 0.0324. The molecule has 2 heterocycles. The molecule has 0 bridgehead atoms. The van der Waals surface area contributed by atoms with Crippen LogP contribution in [0.3, 0.4) is 0 Å². The van der Waals surface area contributed by atoms with Crippen LogP contribution in [0.2, 0.25) is 0 Å². The molecule has 0 aliphatic heterocycles. The maximum absolute atomic E-state index is 13.0. The molecule has 3 aromatic rings. The van der Waals surface area contributed by atoms with Gasteiger partial charge in [0.1, 0.15) is 11.4 Å². The van der Waals surface area contributed by atoms with Crippen LogP contribution in [-0.4, -0.2) is 36.1 Å². The van der Waals surface area contributed by atoms with Crippen LogP contribution in [0.4, 0.5) is 11.6 Å². The molecule has 0 fully saturated rings. The molecule has 0 saturated heterocycles. The van der Waals surface area contributed by atoms with Gasteiger partial charge in [-0.25, -0.2) is 13.4 Å². The first-order valence-corrected chi connectivity index (χ1v) is 9.96. The fraction of sp³-hybridized carbons (Fsp3) is 0.211. The van der Waals surface area contributed by atoms with Crippen LogP contribution in [0, 0.1) is 13.8 Å². The highest BCUT2D eigenvalue weighted by molar-refractivity contribution is 7.92. The van der Waals surface area contributed by atoms with Gasteiger partial charge in [0.25, 0.3) is 15.9 Å². The molecular weight excluding hydrogens is 378 g/mol. The molecule has 1 N–H and O–H groups in total. The van der Waals surface area contributed by atoms with Gasteiger partial charge >= 0.3 is 0 Å². The van der Waals surface area contributed by atoms with E-state index in [4.69, 9.17) is 0 Å². The van der Waals surface area contributed by atoms with Crippen molar-refractivity contribution in [3.63, 3.8) is 0 Å². The number of pyridine rings is 1. The second kappa shape index (κ2) is 7.43. The number of hydrogen-bond donors (Lipinski definition) is 1. The molecule has 0 aliphatic carbocycles. The van der Waals surface area contributed by atoms with E-state index in [1.54, 1.807) is 31.4 Å². The highest BCUT2D eigenvalue weighted by Crippen LogP contribution is 2.26. The lowest BCUT2D eigenvalue weighted by molar-refractivity contribution is 0.102. The Hall–Kier alpha value is -3.20. The molecule has 2 aromatic heterocycles. The van der Waals surface area contributed by atoms with E-state index < -0.39 is 15.9 Å². The molecule has 28 heavy (non-hydrogen) atoms. The molecule has 9 heteroatoms. The zero-order valence-corrected chi connectivity index (χ0v) is 16.9. The quantitative estimate of drug-likeness (QED) is 0.711.